The summed E-state index contributed by atoms with van der Waals surface area (Å²) in [6.45, 7) is 4.22. The monoisotopic (exact) mass is 492 g/mol. The van der Waals surface area contributed by atoms with Crippen molar-refractivity contribution in [3.05, 3.63) is 63.5 Å². The molecule has 0 saturated heterocycles. The number of carbonyl (C=O) groups is 2. The Kier molecular flexibility index (Phi) is 7.46. The van der Waals surface area contributed by atoms with E-state index in [1.165, 1.54) is 11.3 Å². The molecule has 0 radical (unpaired) electrons. The smallest absolute Gasteiger partial charge is 0.407 e. The second kappa shape index (κ2) is 10.7. The van der Waals surface area contributed by atoms with Gasteiger partial charge in [0.1, 0.15) is 17.2 Å². The van der Waals surface area contributed by atoms with Crippen LogP contribution in [0.3, 0.4) is 0 Å². The summed E-state index contributed by atoms with van der Waals surface area (Å²) in [4.78, 5) is 30.1. The van der Waals surface area contributed by atoms with Crippen LogP contribution in [-0.4, -0.2) is 32.9 Å². The molecule has 10 heteroatoms. The lowest BCUT2D eigenvalue weighted by molar-refractivity contribution is -0.116. The molecular weight excluding hydrogens is 464 g/mol. The molecule has 0 saturated carbocycles. The standard InChI is InChI=1S/C25H28N6O3S/c1-15(17-5-4-8-27-12-17)9-23(32)29-24-21(11-26)20-7-6-19(10-22(20)35-24)34-25(33)28-13-18-14-31(3)30-16(18)2/h4-5,8,12,14-15,19H,6-7,9-10,13H2,1-3H3,(H,28,33)(H,29,32). The Balaban J connectivity index is 1.34. The molecule has 1 aliphatic carbocycles. The molecule has 3 heterocycles. The lowest BCUT2D eigenvalue weighted by Gasteiger charge is -2.22. The van der Waals surface area contributed by atoms with E-state index in [1.807, 2.05) is 39.2 Å². The van der Waals surface area contributed by atoms with Crippen molar-refractivity contribution in [3.63, 3.8) is 0 Å². The average molecular weight is 493 g/mol. The molecule has 3 aromatic heterocycles. The largest absolute Gasteiger partial charge is 0.446 e. The molecule has 0 aromatic carbocycles. The van der Waals surface area contributed by atoms with E-state index in [-0.39, 0.29) is 17.9 Å². The number of carbonyl (C=O) groups excluding carboxylic acids is 2. The first kappa shape index (κ1) is 24.4. The molecule has 182 valence electrons. The van der Waals surface area contributed by atoms with Crippen LogP contribution in [0.5, 0.6) is 0 Å². The quantitative estimate of drug-likeness (QED) is 0.515. The molecule has 0 fully saturated rings. The van der Waals surface area contributed by atoms with Gasteiger partial charge in [-0.3, -0.25) is 14.5 Å². The van der Waals surface area contributed by atoms with Crippen molar-refractivity contribution < 1.29 is 14.3 Å². The number of nitriles is 1. The van der Waals surface area contributed by atoms with Gasteiger partial charge >= 0.3 is 6.09 Å². The maximum Gasteiger partial charge on any atom is 0.407 e. The lowest BCUT2D eigenvalue weighted by Crippen LogP contribution is -2.31. The molecule has 0 bridgehead atoms. The molecule has 9 nitrogen and oxygen atoms in total. The third-order valence-corrected chi connectivity index (χ3v) is 7.31. The van der Waals surface area contributed by atoms with Gasteiger partial charge in [-0.2, -0.15) is 10.4 Å². The van der Waals surface area contributed by atoms with Crippen LogP contribution in [0, 0.1) is 18.3 Å². The number of aromatic nitrogens is 3. The first-order valence-electron chi connectivity index (χ1n) is 11.5. The highest BCUT2D eigenvalue weighted by Gasteiger charge is 2.28. The Hall–Kier alpha value is -3.71. The summed E-state index contributed by atoms with van der Waals surface area (Å²) >= 11 is 1.39. The topological polar surface area (TPSA) is 122 Å². The van der Waals surface area contributed by atoms with Crippen LogP contribution in [0.15, 0.2) is 30.7 Å². The van der Waals surface area contributed by atoms with E-state index in [9.17, 15) is 14.9 Å². The van der Waals surface area contributed by atoms with E-state index >= 15 is 0 Å². The first-order valence-corrected chi connectivity index (χ1v) is 12.3. The number of aryl methyl sites for hydroxylation is 2. The molecule has 35 heavy (non-hydrogen) atoms. The number of fused-ring (bicyclic) bond motifs is 1. The number of ether oxygens (including phenoxy) is 1. The number of amides is 2. The van der Waals surface area contributed by atoms with Gasteiger partial charge in [-0.05, 0) is 42.9 Å². The molecule has 2 N–H and O–H groups in total. The van der Waals surface area contributed by atoms with Crippen LogP contribution in [0.25, 0.3) is 0 Å². The van der Waals surface area contributed by atoms with Gasteiger partial charge in [0.15, 0.2) is 0 Å². The van der Waals surface area contributed by atoms with Gasteiger partial charge in [-0.1, -0.05) is 13.0 Å². The Morgan fingerprint density at radius 3 is 2.94 bits per heavy atom. The number of hydrogen-bond donors (Lipinski definition) is 2. The van der Waals surface area contributed by atoms with E-state index in [4.69, 9.17) is 4.74 Å². The predicted octanol–water partition coefficient (Wildman–Crippen LogP) is 3.97. The fourth-order valence-electron chi connectivity index (χ4n) is 4.29. The molecule has 0 aliphatic heterocycles. The summed E-state index contributed by atoms with van der Waals surface area (Å²) in [7, 11) is 1.84. The minimum Gasteiger partial charge on any atom is -0.446 e. The zero-order chi connectivity index (χ0) is 24.9. The number of pyridine rings is 1. The van der Waals surface area contributed by atoms with Crippen molar-refractivity contribution in [1.29, 1.82) is 5.26 Å². The Morgan fingerprint density at radius 2 is 2.26 bits per heavy atom. The van der Waals surface area contributed by atoms with Crippen LogP contribution in [-0.2, 0) is 36.0 Å². The second-order valence-corrected chi connectivity index (χ2v) is 9.90. The summed E-state index contributed by atoms with van der Waals surface area (Å²) < 4.78 is 7.34. The van der Waals surface area contributed by atoms with Gasteiger partial charge in [0.05, 0.1) is 11.3 Å². The number of alkyl carbamates (subject to hydrolysis) is 1. The van der Waals surface area contributed by atoms with Gasteiger partial charge in [-0.15, -0.1) is 11.3 Å². The third kappa shape index (κ3) is 5.87. The predicted molar refractivity (Wildman–Crippen MR) is 132 cm³/mol. The van der Waals surface area contributed by atoms with E-state index < -0.39 is 6.09 Å². The summed E-state index contributed by atoms with van der Waals surface area (Å²) in [5.74, 6) is -0.134. The number of anilines is 1. The molecule has 2 unspecified atom stereocenters. The molecule has 3 aromatic rings. The Labute approximate surface area is 208 Å². The third-order valence-electron chi connectivity index (χ3n) is 6.14. The number of nitrogens with zero attached hydrogens (tertiary/aromatic N) is 4. The number of nitrogens with one attached hydrogen (secondary N) is 2. The fraction of sp³-hybridized carbons (Fsp3) is 0.400. The summed E-state index contributed by atoms with van der Waals surface area (Å²) in [5.41, 5.74) is 4.25. The zero-order valence-electron chi connectivity index (χ0n) is 20.0. The normalized spacial score (nSPS) is 15.5. The lowest BCUT2D eigenvalue weighted by atomic mass is 9.93. The number of rotatable bonds is 7. The van der Waals surface area contributed by atoms with Crippen LogP contribution < -0.4 is 10.6 Å². The van der Waals surface area contributed by atoms with Crippen LogP contribution in [0.1, 0.15) is 58.5 Å². The van der Waals surface area contributed by atoms with E-state index in [0.717, 1.165) is 27.3 Å². The number of thiophene rings is 1. The molecule has 2 amide bonds. The van der Waals surface area contributed by atoms with Crippen LogP contribution in [0.2, 0.25) is 0 Å². The SMILES string of the molecule is Cc1nn(C)cc1CNC(=O)OC1CCc2c(sc(NC(=O)CC(C)c3cccnc3)c2C#N)C1. The zero-order valence-corrected chi connectivity index (χ0v) is 20.8. The molecule has 0 spiro atoms. The van der Waals surface area contributed by atoms with E-state index in [2.05, 4.69) is 26.8 Å². The summed E-state index contributed by atoms with van der Waals surface area (Å²) in [6, 6.07) is 6.05. The van der Waals surface area contributed by atoms with Gasteiger partial charge in [0.25, 0.3) is 0 Å². The van der Waals surface area contributed by atoms with Crippen molar-refractivity contribution in [1.82, 2.24) is 20.1 Å². The van der Waals surface area contributed by atoms with Crippen LogP contribution in [0.4, 0.5) is 9.80 Å². The molecule has 2 atom stereocenters. The van der Waals surface area contributed by atoms with Crippen LogP contribution >= 0.6 is 11.3 Å². The maximum absolute atomic E-state index is 12.7. The van der Waals surface area contributed by atoms with Crippen molar-refractivity contribution in [2.45, 2.75) is 58.1 Å². The minimum atomic E-state index is -0.475. The molecular formula is C25H28N6O3S. The van der Waals surface area contributed by atoms with Gasteiger partial charge in [0, 0.05) is 55.5 Å². The average Bonchev–Trinajstić information content (AvgIpc) is 3.34. The fourth-order valence-corrected chi connectivity index (χ4v) is 5.57. The summed E-state index contributed by atoms with van der Waals surface area (Å²) in [5, 5.41) is 20.3. The second-order valence-electron chi connectivity index (χ2n) is 8.80. The van der Waals surface area contributed by atoms with Crippen molar-refractivity contribution in [2.24, 2.45) is 7.05 Å². The summed E-state index contributed by atoms with van der Waals surface area (Å²) in [6.07, 6.45) is 6.64. The highest BCUT2D eigenvalue weighted by Crippen LogP contribution is 2.38. The molecule has 4 rings (SSSR count). The van der Waals surface area contributed by atoms with Crippen molar-refractivity contribution in [3.8, 4) is 6.07 Å². The highest BCUT2D eigenvalue weighted by molar-refractivity contribution is 7.16. The maximum atomic E-state index is 12.7. The minimum absolute atomic E-state index is 0.00979. The van der Waals surface area contributed by atoms with Gasteiger partial charge in [-0.25, -0.2) is 4.79 Å². The van der Waals surface area contributed by atoms with Crippen molar-refractivity contribution in [2.75, 3.05) is 5.32 Å². The number of hydrogen-bond acceptors (Lipinski definition) is 7. The molecule has 1 aliphatic rings. The highest BCUT2D eigenvalue weighted by atomic mass is 32.1. The first-order chi connectivity index (χ1) is 16.8. The van der Waals surface area contributed by atoms with Gasteiger partial charge in [0.2, 0.25) is 5.91 Å². The Bertz CT molecular complexity index is 1260. The van der Waals surface area contributed by atoms with Gasteiger partial charge < -0.3 is 15.4 Å². The Morgan fingerprint density at radius 1 is 1.43 bits per heavy atom. The van der Waals surface area contributed by atoms with Crippen molar-refractivity contribution >= 4 is 28.3 Å². The van der Waals surface area contributed by atoms with E-state index in [1.54, 1.807) is 17.1 Å². The van der Waals surface area contributed by atoms with E-state index in [0.29, 0.717) is 42.8 Å².